The Labute approximate surface area is 140 Å². The van der Waals surface area contributed by atoms with E-state index in [1.165, 1.54) is 49.2 Å². The van der Waals surface area contributed by atoms with Gasteiger partial charge in [0.2, 0.25) is 0 Å². The molecule has 1 aliphatic heterocycles. The van der Waals surface area contributed by atoms with Gasteiger partial charge in [0.05, 0.1) is 19.1 Å². The summed E-state index contributed by atoms with van der Waals surface area (Å²) in [4.78, 5) is 1.74. The Kier molecular flexibility index (Phi) is 5.84. The van der Waals surface area contributed by atoms with Gasteiger partial charge in [-0.05, 0) is 12.0 Å². The van der Waals surface area contributed by atoms with Crippen LogP contribution < -0.4 is 10.2 Å². The highest BCUT2D eigenvalue weighted by Gasteiger charge is 2.24. The predicted molar refractivity (Wildman–Crippen MR) is 95.3 cm³/mol. The summed E-state index contributed by atoms with van der Waals surface area (Å²) in [7, 11) is 0. The van der Waals surface area contributed by atoms with Crippen LogP contribution in [0.5, 0.6) is 0 Å². The van der Waals surface area contributed by atoms with Gasteiger partial charge in [-0.25, -0.2) is 0 Å². The zero-order valence-electron chi connectivity index (χ0n) is 14.3. The lowest BCUT2D eigenvalue weighted by Gasteiger charge is -2.28. The van der Waals surface area contributed by atoms with E-state index in [9.17, 15) is 0 Å². The van der Waals surface area contributed by atoms with Crippen LogP contribution in [0.4, 0.5) is 0 Å². The number of benzene rings is 2. The standard InChI is InChI=1S/C21H28N2/c1-2-18-8-10-19(11-9-18)16-22-21-12-14-23(15-13-21)17-20-6-4-3-5-7-20/h3-11,21-22H,2,12-17H2,1H3/p+2. The summed E-state index contributed by atoms with van der Waals surface area (Å²) >= 11 is 0. The van der Waals surface area contributed by atoms with E-state index in [0.717, 1.165) is 19.0 Å². The van der Waals surface area contributed by atoms with Crippen molar-refractivity contribution < 1.29 is 10.2 Å². The lowest BCUT2D eigenvalue weighted by Crippen LogP contribution is -3.13. The van der Waals surface area contributed by atoms with Gasteiger partial charge in [0, 0.05) is 24.0 Å². The van der Waals surface area contributed by atoms with Crippen LogP contribution >= 0.6 is 0 Å². The Balaban J connectivity index is 1.40. The van der Waals surface area contributed by atoms with Gasteiger partial charge >= 0.3 is 0 Å². The van der Waals surface area contributed by atoms with E-state index >= 15 is 0 Å². The zero-order valence-corrected chi connectivity index (χ0v) is 14.3. The minimum absolute atomic E-state index is 0.806. The molecule has 0 spiro atoms. The Morgan fingerprint density at radius 3 is 2.17 bits per heavy atom. The molecule has 0 aliphatic carbocycles. The molecule has 0 saturated carbocycles. The van der Waals surface area contributed by atoms with Gasteiger partial charge in [-0.15, -0.1) is 0 Å². The third-order valence-corrected chi connectivity index (χ3v) is 5.15. The first-order chi connectivity index (χ1) is 11.3. The summed E-state index contributed by atoms with van der Waals surface area (Å²) in [6.07, 6.45) is 3.82. The van der Waals surface area contributed by atoms with Crippen LogP contribution in [0.1, 0.15) is 36.5 Å². The maximum Gasteiger partial charge on any atom is 0.103 e. The number of piperidine rings is 1. The first-order valence-corrected chi connectivity index (χ1v) is 9.12. The minimum atomic E-state index is 0.806. The van der Waals surface area contributed by atoms with E-state index in [4.69, 9.17) is 0 Å². The van der Waals surface area contributed by atoms with Gasteiger partial charge in [-0.1, -0.05) is 61.5 Å². The Hall–Kier alpha value is -1.64. The second-order valence-electron chi connectivity index (χ2n) is 6.86. The number of quaternary nitrogens is 2. The quantitative estimate of drug-likeness (QED) is 0.808. The maximum absolute atomic E-state index is 2.56. The lowest BCUT2D eigenvalue weighted by atomic mass is 10.0. The molecule has 122 valence electrons. The highest BCUT2D eigenvalue weighted by molar-refractivity contribution is 5.21. The molecule has 1 fully saturated rings. The molecule has 3 rings (SSSR count). The first kappa shape index (κ1) is 16.2. The lowest BCUT2D eigenvalue weighted by molar-refractivity contribution is -0.926. The second kappa shape index (κ2) is 8.28. The third-order valence-electron chi connectivity index (χ3n) is 5.15. The van der Waals surface area contributed by atoms with Crippen molar-refractivity contribution in [2.75, 3.05) is 13.1 Å². The monoisotopic (exact) mass is 310 g/mol. The van der Waals surface area contributed by atoms with Crippen molar-refractivity contribution in [3.63, 3.8) is 0 Å². The molecule has 0 amide bonds. The fourth-order valence-corrected chi connectivity index (χ4v) is 3.56. The molecule has 0 atom stereocenters. The van der Waals surface area contributed by atoms with Crippen LogP contribution in [0, 0.1) is 0 Å². The van der Waals surface area contributed by atoms with Gasteiger partial charge in [0.15, 0.2) is 0 Å². The number of nitrogens with one attached hydrogen (secondary N) is 1. The molecule has 1 saturated heterocycles. The predicted octanol–water partition coefficient (Wildman–Crippen LogP) is 1.56. The van der Waals surface area contributed by atoms with Gasteiger partial charge in [0.1, 0.15) is 13.1 Å². The summed E-state index contributed by atoms with van der Waals surface area (Å²) in [6.45, 7) is 7.15. The summed E-state index contributed by atoms with van der Waals surface area (Å²) in [5.41, 5.74) is 4.37. The summed E-state index contributed by atoms with van der Waals surface area (Å²) in [5.74, 6) is 0. The molecule has 0 bridgehead atoms. The molecule has 2 nitrogen and oxygen atoms in total. The first-order valence-electron chi connectivity index (χ1n) is 9.12. The molecule has 2 heteroatoms. The van der Waals surface area contributed by atoms with Crippen molar-refractivity contribution in [2.24, 2.45) is 0 Å². The summed E-state index contributed by atoms with van der Waals surface area (Å²) in [6, 6.07) is 20.9. The molecule has 2 aromatic carbocycles. The third kappa shape index (κ3) is 4.92. The topological polar surface area (TPSA) is 21.1 Å². The van der Waals surface area contributed by atoms with Crippen molar-refractivity contribution in [3.8, 4) is 0 Å². The Morgan fingerprint density at radius 1 is 0.870 bits per heavy atom. The van der Waals surface area contributed by atoms with Gasteiger partial charge in [0.25, 0.3) is 0 Å². The Morgan fingerprint density at radius 2 is 1.52 bits per heavy atom. The van der Waals surface area contributed by atoms with Crippen LogP contribution in [0.25, 0.3) is 0 Å². The molecule has 1 heterocycles. The van der Waals surface area contributed by atoms with E-state index in [0.29, 0.717) is 0 Å². The second-order valence-corrected chi connectivity index (χ2v) is 6.86. The van der Waals surface area contributed by atoms with Crippen molar-refractivity contribution in [1.29, 1.82) is 0 Å². The fraction of sp³-hybridized carbons (Fsp3) is 0.429. The average molecular weight is 310 g/mol. The Bertz CT molecular complexity index is 569. The molecule has 0 unspecified atom stereocenters. The number of hydrogen-bond donors (Lipinski definition) is 2. The van der Waals surface area contributed by atoms with E-state index in [2.05, 4.69) is 66.8 Å². The van der Waals surface area contributed by atoms with Crippen molar-refractivity contribution >= 4 is 0 Å². The van der Waals surface area contributed by atoms with Crippen molar-refractivity contribution in [1.82, 2.24) is 0 Å². The molecule has 0 radical (unpaired) electrons. The van der Waals surface area contributed by atoms with Gasteiger partial charge < -0.3 is 10.2 Å². The zero-order chi connectivity index (χ0) is 15.9. The molecule has 0 aromatic heterocycles. The smallest absolute Gasteiger partial charge is 0.103 e. The van der Waals surface area contributed by atoms with Crippen LogP contribution in [0.2, 0.25) is 0 Å². The van der Waals surface area contributed by atoms with Gasteiger partial charge in [-0.3, -0.25) is 0 Å². The minimum Gasteiger partial charge on any atom is -0.340 e. The van der Waals surface area contributed by atoms with Crippen LogP contribution in [0.15, 0.2) is 54.6 Å². The molecule has 2 aromatic rings. The largest absolute Gasteiger partial charge is 0.340 e. The highest BCUT2D eigenvalue weighted by Crippen LogP contribution is 2.04. The highest BCUT2D eigenvalue weighted by atomic mass is 15.1. The molecule has 3 N–H and O–H groups in total. The molecular weight excluding hydrogens is 280 g/mol. The normalized spacial score (nSPS) is 21.3. The molecular formula is C21H30N2+2. The van der Waals surface area contributed by atoms with E-state index < -0.39 is 0 Å². The number of rotatable bonds is 6. The van der Waals surface area contributed by atoms with Crippen molar-refractivity contribution in [3.05, 3.63) is 71.3 Å². The van der Waals surface area contributed by atoms with E-state index in [1.807, 2.05) is 0 Å². The SMILES string of the molecule is CCc1ccc(C[NH2+]C2CC[NH+](Cc3ccccc3)CC2)cc1. The fourth-order valence-electron chi connectivity index (χ4n) is 3.56. The number of aryl methyl sites for hydroxylation is 1. The summed E-state index contributed by atoms with van der Waals surface area (Å²) < 4.78 is 0. The van der Waals surface area contributed by atoms with Gasteiger partial charge in [-0.2, -0.15) is 0 Å². The van der Waals surface area contributed by atoms with E-state index in [1.54, 1.807) is 4.90 Å². The maximum atomic E-state index is 2.56. The van der Waals surface area contributed by atoms with Crippen molar-refractivity contribution in [2.45, 2.75) is 45.3 Å². The van der Waals surface area contributed by atoms with E-state index in [-0.39, 0.29) is 0 Å². The van der Waals surface area contributed by atoms with Crippen LogP contribution in [0.3, 0.4) is 0 Å². The molecule has 23 heavy (non-hydrogen) atoms. The number of nitrogens with two attached hydrogens (primary N) is 1. The summed E-state index contributed by atoms with van der Waals surface area (Å²) in [5, 5.41) is 2.56. The number of hydrogen-bond acceptors (Lipinski definition) is 0. The van der Waals surface area contributed by atoms with Crippen LogP contribution in [-0.4, -0.2) is 19.1 Å². The number of likely N-dealkylation sites (tertiary alicyclic amines) is 1. The molecule has 1 aliphatic rings. The van der Waals surface area contributed by atoms with Crippen LogP contribution in [-0.2, 0) is 19.5 Å². The average Bonchev–Trinajstić information content (AvgIpc) is 2.62.